The smallest absolute Gasteiger partial charge is 0.347 e. The van der Waals surface area contributed by atoms with Crippen molar-refractivity contribution in [2.45, 2.75) is 11.0 Å². The second-order valence-corrected chi connectivity index (χ2v) is 4.16. The third-order valence-corrected chi connectivity index (χ3v) is 3.93. The van der Waals surface area contributed by atoms with Crippen LogP contribution in [0.5, 0.6) is 0 Å². The summed E-state index contributed by atoms with van der Waals surface area (Å²) in [5.41, 5.74) is 0. The number of hydrogen-bond acceptors (Lipinski definition) is 5. The lowest BCUT2D eigenvalue weighted by Gasteiger charge is -2.18. The summed E-state index contributed by atoms with van der Waals surface area (Å²) >= 11 is 2.39. The van der Waals surface area contributed by atoms with Crippen LogP contribution in [0.4, 0.5) is 0 Å². The van der Waals surface area contributed by atoms with Crippen LogP contribution >= 0.6 is 23.5 Å². The fourth-order valence-electron chi connectivity index (χ4n) is 0.613. The van der Waals surface area contributed by atoms with Crippen LogP contribution in [0.15, 0.2) is 0 Å². The number of esters is 1. The average molecular weight is 205 g/mol. The normalized spacial score (nSPS) is 10.5. The van der Waals surface area contributed by atoms with Crippen molar-refractivity contribution in [3.05, 3.63) is 0 Å². The molecule has 12 heavy (non-hydrogen) atoms. The summed E-state index contributed by atoms with van der Waals surface area (Å²) in [6.45, 7) is 2.03. The quantitative estimate of drug-likeness (QED) is 0.514. The van der Waals surface area contributed by atoms with E-state index in [9.17, 15) is 4.79 Å². The molecule has 0 aliphatic carbocycles. The first kappa shape index (κ1) is 11.7. The highest BCUT2D eigenvalue weighted by atomic mass is 32.2. The number of carbonyl (C=O) groups is 1. The van der Waals surface area contributed by atoms with Crippen LogP contribution in [-0.4, -0.2) is 29.2 Å². The van der Waals surface area contributed by atoms with Crippen molar-refractivity contribution < 1.29 is 9.53 Å². The van der Waals surface area contributed by atoms with Crippen molar-refractivity contribution in [2.75, 3.05) is 19.1 Å². The molecule has 0 rings (SSSR count). The highest BCUT2D eigenvalue weighted by molar-refractivity contribution is 8.19. The third kappa shape index (κ3) is 2.32. The van der Waals surface area contributed by atoms with Gasteiger partial charge in [-0.15, -0.1) is 23.5 Å². The first-order valence-corrected chi connectivity index (χ1v) is 5.80. The molecular weight excluding hydrogens is 194 g/mol. The Kier molecular flexibility index (Phi) is 5.18. The molecule has 0 atom stereocenters. The SMILES string of the molecule is CCOC(=O)C(C#N)(SC)SC. The summed E-state index contributed by atoms with van der Waals surface area (Å²) in [4.78, 5) is 11.3. The van der Waals surface area contributed by atoms with E-state index >= 15 is 0 Å². The van der Waals surface area contributed by atoms with Crippen LogP contribution in [0, 0.1) is 11.3 Å². The molecule has 0 amide bonds. The number of ether oxygens (including phenoxy) is 1. The fourth-order valence-corrected chi connectivity index (χ4v) is 1.91. The van der Waals surface area contributed by atoms with Gasteiger partial charge in [-0.1, -0.05) is 0 Å². The molecular formula is C7H11NO2S2. The molecule has 0 aromatic heterocycles. The van der Waals surface area contributed by atoms with Crippen molar-refractivity contribution in [3.8, 4) is 6.07 Å². The average Bonchev–Trinajstić information content (AvgIpc) is 2.09. The molecule has 0 fully saturated rings. The summed E-state index contributed by atoms with van der Waals surface area (Å²) in [7, 11) is 0. The standard InChI is InChI=1S/C7H11NO2S2/c1-4-10-6(9)7(5-8,11-2)12-3/h4H2,1-3H3. The third-order valence-electron chi connectivity index (χ3n) is 1.27. The Labute approximate surface area is 80.8 Å². The van der Waals surface area contributed by atoms with Crippen LogP contribution in [0.1, 0.15) is 6.92 Å². The Balaban J connectivity index is 4.51. The molecule has 0 aromatic carbocycles. The van der Waals surface area contributed by atoms with E-state index in [1.165, 1.54) is 23.5 Å². The molecule has 0 aromatic rings. The topological polar surface area (TPSA) is 50.1 Å². The van der Waals surface area contributed by atoms with E-state index in [0.717, 1.165) is 0 Å². The molecule has 5 heteroatoms. The molecule has 68 valence electrons. The molecule has 0 bridgehead atoms. The maximum absolute atomic E-state index is 11.3. The molecule has 0 aliphatic heterocycles. The van der Waals surface area contributed by atoms with Crippen molar-refractivity contribution in [3.63, 3.8) is 0 Å². The molecule has 0 heterocycles. The monoisotopic (exact) mass is 205 g/mol. The van der Waals surface area contributed by atoms with Crippen molar-refractivity contribution >= 4 is 29.5 Å². The van der Waals surface area contributed by atoms with Crippen molar-refractivity contribution in [1.29, 1.82) is 5.26 Å². The summed E-state index contributed by atoms with van der Waals surface area (Å²) < 4.78 is 3.69. The number of nitriles is 1. The summed E-state index contributed by atoms with van der Waals surface area (Å²) in [6.07, 6.45) is 3.44. The highest BCUT2D eigenvalue weighted by Gasteiger charge is 2.38. The lowest BCUT2D eigenvalue weighted by molar-refractivity contribution is -0.142. The van der Waals surface area contributed by atoms with Gasteiger partial charge >= 0.3 is 5.97 Å². The van der Waals surface area contributed by atoms with E-state index in [1.807, 2.05) is 6.07 Å². The van der Waals surface area contributed by atoms with Gasteiger partial charge in [-0.2, -0.15) is 5.26 Å². The van der Waals surface area contributed by atoms with Crippen LogP contribution < -0.4 is 0 Å². The van der Waals surface area contributed by atoms with Gasteiger partial charge in [-0.25, -0.2) is 4.79 Å². The molecule has 0 spiro atoms. The Bertz CT molecular complexity index is 196. The minimum Gasteiger partial charge on any atom is -0.464 e. The molecule has 0 radical (unpaired) electrons. The van der Waals surface area contributed by atoms with Crippen molar-refractivity contribution in [1.82, 2.24) is 0 Å². The van der Waals surface area contributed by atoms with E-state index in [-0.39, 0.29) is 0 Å². The molecule has 0 saturated heterocycles. The lowest BCUT2D eigenvalue weighted by Crippen LogP contribution is -2.31. The van der Waals surface area contributed by atoms with Gasteiger partial charge in [0.2, 0.25) is 4.08 Å². The maximum atomic E-state index is 11.3. The maximum Gasteiger partial charge on any atom is 0.347 e. The summed E-state index contributed by atoms with van der Waals surface area (Å²) in [5, 5.41) is 8.78. The Morgan fingerprint density at radius 2 is 2.08 bits per heavy atom. The molecule has 0 aliphatic rings. The molecule has 3 nitrogen and oxygen atoms in total. The van der Waals surface area contributed by atoms with E-state index in [4.69, 9.17) is 10.00 Å². The largest absolute Gasteiger partial charge is 0.464 e. The van der Waals surface area contributed by atoms with E-state index < -0.39 is 10.0 Å². The van der Waals surface area contributed by atoms with Crippen LogP contribution in [-0.2, 0) is 9.53 Å². The van der Waals surface area contributed by atoms with Crippen LogP contribution in [0.2, 0.25) is 0 Å². The van der Waals surface area contributed by atoms with Crippen LogP contribution in [0.3, 0.4) is 0 Å². The fraction of sp³-hybridized carbons (Fsp3) is 0.714. The van der Waals surface area contributed by atoms with Crippen molar-refractivity contribution in [2.24, 2.45) is 0 Å². The lowest BCUT2D eigenvalue weighted by atomic mass is 10.4. The number of hydrogen-bond donors (Lipinski definition) is 0. The van der Waals surface area contributed by atoms with Crippen LogP contribution in [0.25, 0.3) is 0 Å². The number of rotatable bonds is 4. The molecule has 0 N–H and O–H groups in total. The Hall–Kier alpha value is -0.340. The highest BCUT2D eigenvalue weighted by Crippen LogP contribution is 2.34. The summed E-state index contributed by atoms with van der Waals surface area (Å²) in [6, 6.07) is 1.95. The predicted octanol–water partition coefficient (Wildman–Crippen LogP) is 1.50. The predicted molar refractivity (Wildman–Crippen MR) is 52.0 cm³/mol. The zero-order chi connectivity index (χ0) is 9.61. The molecule has 0 saturated carbocycles. The Morgan fingerprint density at radius 1 is 1.58 bits per heavy atom. The zero-order valence-electron chi connectivity index (χ0n) is 7.29. The van der Waals surface area contributed by atoms with E-state index in [2.05, 4.69) is 0 Å². The molecule has 0 unspecified atom stereocenters. The first-order chi connectivity index (χ1) is 5.66. The number of thioether (sulfide) groups is 2. The Morgan fingerprint density at radius 3 is 2.33 bits per heavy atom. The minimum absolute atomic E-state index is 0.309. The number of carbonyl (C=O) groups excluding carboxylic acids is 1. The van der Waals surface area contributed by atoms with Gasteiger partial charge in [0.05, 0.1) is 6.61 Å². The van der Waals surface area contributed by atoms with Gasteiger partial charge in [0, 0.05) is 0 Å². The van der Waals surface area contributed by atoms with Gasteiger partial charge < -0.3 is 4.74 Å². The van der Waals surface area contributed by atoms with Gasteiger partial charge in [0.15, 0.2) is 0 Å². The minimum atomic E-state index is -1.09. The second kappa shape index (κ2) is 5.33. The van der Waals surface area contributed by atoms with E-state index in [1.54, 1.807) is 19.4 Å². The van der Waals surface area contributed by atoms with E-state index in [0.29, 0.717) is 6.61 Å². The number of nitrogens with zero attached hydrogens (tertiary/aromatic N) is 1. The van der Waals surface area contributed by atoms with Gasteiger partial charge in [-0.05, 0) is 19.4 Å². The van der Waals surface area contributed by atoms with Gasteiger partial charge in [0.1, 0.15) is 6.07 Å². The zero-order valence-corrected chi connectivity index (χ0v) is 8.92. The van der Waals surface area contributed by atoms with Gasteiger partial charge in [0.25, 0.3) is 0 Å². The first-order valence-electron chi connectivity index (χ1n) is 3.35. The van der Waals surface area contributed by atoms with Gasteiger partial charge in [-0.3, -0.25) is 0 Å². The summed E-state index contributed by atoms with van der Waals surface area (Å²) in [5.74, 6) is -0.465. The second-order valence-electron chi connectivity index (χ2n) is 1.86.